The van der Waals surface area contributed by atoms with E-state index >= 15 is 0 Å². The van der Waals surface area contributed by atoms with Crippen LogP contribution in [0.25, 0.3) is 0 Å². The van der Waals surface area contributed by atoms with Crippen LogP contribution in [0, 0.1) is 0 Å². The van der Waals surface area contributed by atoms with Crippen molar-refractivity contribution in [1.29, 1.82) is 0 Å². The number of ether oxygens (including phenoxy) is 1. The lowest BCUT2D eigenvalue weighted by molar-refractivity contribution is 0.268. The third kappa shape index (κ3) is 2.53. The highest BCUT2D eigenvalue weighted by Crippen LogP contribution is 2.59. The second-order valence-electron chi connectivity index (χ2n) is 7.30. The molecule has 0 radical (unpaired) electrons. The van der Waals surface area contributed by atoms with Crippen LogP contribution < -0.4 is 4.90 Å². The van der Waals surface area contributed by atoms with Crippen LogP contribution in [0.2, 0.25) is 0 Å². The molecule has 2 aliphatic rings. The van der Waals surface area contributed by atoms with Crippen molar-refractivity contribution in [2.75, 3.05) is 11.5 Å². The third-order valence-corrected chi connectivity index (χ3v) is 4.87. The molecule has 4 heteroatoms. The van der Waals surface area contributed by atoms with Gasteiger partial charge in [0.25, 0.3) is 0 Å². The van der Waals surface area contributed by atoms with Gasteiger partial charge in [-0.3, -0.25) is 4.98 Å². The average molecular weight is 333 g/mol. The van der Waals surface area contributed by atoms with Gasteiger partial charge in [0, 0.05) is 11.9 Å². The highest BCUT2D eigenvalue weighted by atomic mass is 16.5. The van der Waals surface area contributed by atoms with Crippen LogP contribution in [0.3, 0.4) is 0 Å². The Kier molecular flexibility index (Phi) is 3.64. The normalized spacial score (nSPS) is 26.7. The summed E-state index contributed by atoms with van der Waals surface area (Å²) >= 11 is 0. The topological polar surface area (TPSA) is 37.5 Å². The molecule has 0 bridgehead atoms. The molecule has 2 aromatic rings. The summed E-state index contributed by atoms with van der Waals surface area (Å²) in [7, 11) is 0. The predicted octanol–water partition coefficient (Wildman–Crippen LogP) is 4.17. The molecule has 2 aliphatic heterocycles. The largest absolute Gasteiger partial charge is 0.477 e. The summed E-state index contributed by atoms with van der Waals surface area (Å²) in [4.78, 5) is 11.9. The molecule has 4 nitrogen and oxygen atoms in total. The standard InChI is InChI=1S/C21H23N3O/c1-4-13-21(19-23-20(2,3)15-25-19)18(17-12-8-9-14-22-17)24(21)16-10-6-5-7-11-16/h4-12,14,18H,1,13,15H2,2-3H3/t18-,21?,24?/m1/s1. The summed E-state index contributed by atoms with van der Waals surface area (Å²) in [5.74, 6) is 0.803. The van der Waals surface area contributed by atoms with E-state index in [0.29, 0.717) is 6.61 Å². The van der Waals surface area contributed by atoms with Crippen molar-refractivity contribution in [3.8, 4) is 0 Å². The maximum Gasteiger partial charge on any atom is 0.213 e. The number of pyridine rings is 1. The first-order chi connectivity index (χ1) is 12.1. The van der Waals surface area contributed by atoms with E-state index in [9.17, 15) is 0 Å². The number of aliphatic imine (C=N–C) groups is 1. The van der Waals surface area contributed by atoms with E-state index in [1.807, 2.05) is 30.5 Å². The lowest BCUT2D eigenvalue weighted by atomic mass is 9.98. The summed E-state index contributed by atoms with van der Waals surface area (Å²) in [5.41, 5.74) is 1.65. The van der Waals surface area contributed by atoms with Crippen LogP contribution in [-0.2, 0) is 4.74 Å². The Balaban J connectivity index is 1.84. The lowest BCUT2D eigenvalue weighted by Gasteiger charge is -2.16. The van der Waals surface area contributed by atoms with Crippen LogP contribution in [-0.4, -0.2) is 28.6 Å². The fourth-order valence-corrected chi connectivity index (χ4v) is 3.76. The summed E-state index contributed by atoms with van der Waals surface area (Å²) < 4.78 is 6.08. The van der Waals surface area contributed by atoms with Crippen molar-refractivity contribution in [2.45, 2.75) is 37.4 Å². The summed E-state index contributed by atoms with van der Waals surface area (Å²) in [6.07, 6.45) is 4.56. The zero-order valence-corrected chi connectivity index (χ0v) is 14.7. The van der Waals surface area contributed by atoms with Gasteiger partial charge >= 0.3 is 0 Å². The van der Waals surface area contributed by atoms with Gasteiger partial charge in [-0.25, -0.2) is 4.99 Å². The fraction of sp³-hybridized carbons (Fsp3) is 0.333. The summed E-state index contributed by atoms with van der Waals surface area (Å²) in [5, 5.41) is 0. The van der Waals surface area contributed by atoms with Crippen molar-refractivity contribution in [2.24, 2.45) is 4.99 Å². The molecule has 0 aliphatic carbocycles. The van der Waals surface area contributed by atoms with Gasteiger partial charge in [-0.2, -0.15) is 0 Å². The van der Waals surface area contributed by atoms with Crippen LogP contribution >= 0.6 is 0 Å². The number of aromatic nitrogens is 1. The third-order valence-electron chi connectivity index (χ3n) is 4.87. The van der Waals surface area contributed by atoms with Crippen LogP contribution in [0.15, 0.2) is 72.4 Å². The smallest absolute Gasteiger partial charge is 0.213 e. The lowest BCUT2D eigenvalue weighted by Crippen LogP contribution is -2.30. The molecule has 1 saturated heterocycles. The average Bonchev–Trinajstić information content (AvgIpc) is 3.15. The van der Waals surface area contributed by atoms with Crippen LogP contribution in [0.1, 0.15) is 32.0 Å². The number of benzene rings is 1. The first-order valence-corrected chi connectivity index (χ1v) is 8.68. The highest BCUT2D eigenvalue weighted by Gasteiger charge is 2.69. The minimum absolute atomic E-state index is 0.0988. The van der Waals surface area contributed by atoms with Gasteiger partial charge in [0.1, 0.15) is 18.2 Å². The van der Waals surface area contributed by atoms with Gasteiger partial charge in [-0.05, 0) is 44.5 Å². The second kappa shape index (κ2) is 5.73. The van der Waals surface area contributed by atoms with Crippen molar-refractivity contribution >= 4 is 11.6 Å². The van der Waals surface area contributed by atoms with Gasteiger partial charge in [0.15, 0.2) is 0 Å². The molecule has 1 unspecified atom stereocenters. The Bertz CT molecular complexity index is 753. The highest BCUT2D eigenvalue weighted by molar-refractivity contribution is 5.99. The van der Waals surface area contributed by atoms with E-state index in [2.05, 4.69) is 60.6 Å². The Morgan fingerprint density at radius 2 is 1.96 bits per heavy atom. The van der Waals surface area contributed by atoms with Gasteiger partial charge < -0.3 is 9.64 Å². The fourth-order valence-electron chi connectivity index (χ4n) is 3.76. The molecular weight excluding hydrogens is 310 g/mol. The first-order valence-electron chi connectivity index (χ1n) is 8.68. The van der Waals surface area contributed by atoms with E-state index in [1.165, 1.54) is 0 Å². The van der Waals surface area contributed by atoms with E-state index in [-0.39, 0.29) is 17.1 Å². The van der Waals surface area contributed by atoms with Gasteiger partial charge in [0.05, 0.1) is 11.2 Å². The molecule has 25 heavy (non-hydrogen) atoms. The molecule has 2 atom stereocenters. The van der Waals surface area contributed by atoms with Crippen molar-refractivity contribution in [1.82, 2.24) is 4.98 Å². The van der Waals surface area contributed by atoms with E-state index in [0.717, 1.165) is 23.7 Å². The van der Waals surface area contributed by atoms with Crippen molar-refractivity contribution < 1.29 is 4.74 Å². The Morgan fingerprint density at radius 1 is 1.20 bits per heavy atom. The number of hydrogen-bond donors (Lipinski definition) is 0. The van der Waals surface area contributed by atoms with Gasteiger partial charge in [0.2, 0.25) is 5.90 Å². The maximum atomic E-state index is 6.08. The number of hydrogen-bond acceptors (Lipinski definition) is 4. The van der Waals surface area contributed by atoms with Crippen molar-refractivity contribution in [3.05, 3.63) is 73.1 Å². The molecule has 1 aromatic heterocycles. The number of rotatable bonds is 5. The first kappa shape index (κ1) is 15.9. The van der Waals surface area contributed by atoms with E-state index < -0.39 is 0 Å². The molecule has 3 heterocycles. The van der Waals surface area contributed by atoms with Gasteiger partial charge in [-0.15, -0.1) is 6.58 Å². The molecule has 0 N–H and O–H groups in total. The molecule has 128 valence electrons. The summed E-state index contributed by atoms with van der Waals surface area (Å²) in [6, 6.07) is 16.6. The molecule has 1 aromatic carbocycles. The molecule has 0 amide bonds. The molecule has 4 rings (SSSR count). The maximum absolute atomic E-state index is 6.08. The zero-order valence-electron chi connectivity index (χ0n) is 14.7. The van der Waals surface area contributed by atoms with Crippen molar-refractivity contribution in [3.63, 3.8) is 0 Å². The molecule has 0 saturated carbocycles. The Hall–Kier alpha value is -2.62. The number of para-hydroxylation sites is 1. The number of nitrogens with zero attached hydrogens (tertiary/aromatic N) is 3. The monoisotopic (exact) mass is 333 g/mol. The Labute approximate surface area is 148 Å². The molecular formula is C21H23N3O. The minimum atomic E-state index is -0.342. The zero-order chi connectivity index (χ0) is 17.5. The van der Waals surface area contributed by atoms with Crippen LogP contribution in [0.5, 0.6) is 0 Å². The SMILES string of the molecule is C=CCC1(C2=NC(C)(C)CO2)[C@@H](c2ccccn2)N1c1ccccc1. The van der Waals surface area contributed by atoms with Crippen LogP contribution in [0.4, 0.5) is 5.69 Å². The Morgan fingerprint density at radius 3 is 2.56 bits per heavy atom. The minimum Gasteiger partial charge on any atom is -0.477 e. The second-order valence-corrected chi connectivity index (χ2v) is 7.30. The molecule has 0 spiro atoms. The van der Waals surface area contributed by atoms with Gasteiger partial charge in [-0.1, -0.05) is 30.3 Å². The number of anilines is 1. The molecule has 1 fully saturated rings. The summed E-state index contributed by atoms with van der Waals surface area (Å²) in [6.45, 7) is 8.81. The van der Waals surface area contributed by atoms with E-state index in [4.69, 9.17) is 9.73 Å². The van der Waals surface area contributed by atoms with E-state index in [1.54, 1.807) is 0 Å². The quantitative estimate of drug-likeness (QED) is 0.609. The predicted molar refractivity (Wildman–Crippen MR) is 101 cm³/mol.